The SMILES string of the molecule is CCC(C)C(N)C(=O)Nc1ccc2nc(C)sc2c1.Cl. The maximum absolute atomic E-state index is 12.0. The van der Waals surface area contributed by atoms with Crippen molar-refractivity contribution < 1.29 is 4.79 Å². The van der Waals surface area contributed by atoms with E-state index in [0.717, 1.165) is 27.3 Å². The van der Waals surface area contributed by atoms with Gasteiger partial charge in [-0.25, -0.2) is 4.98 Å². The van der Waals surface area contributed by atoms with Gasteiger partial charge in [-0.2, -0.15) is 0 Å². The number of amides is 1. The Morgan fingerprint density at radius 2 is 2.20 bits per heavy atom. The van der Waals surface area contributed by atoms with Crippen LogP contribution in [0.2, 0.25) is 0 Å². The molecule has 0 radical (unpaired) electrons. The van der Waals surface area contributed by atoms with Crippen molar-refractivity contribution in [2.75, 3.05) is 5.32 Å². The summed E-state index contributed by atoms with van der Waals surface area (Å²) in [7, 11) is 0. The summed E-state index contributed by atoms with van der Waals surface area (Å²) >= 11 is 1.62. The number of carbonyl (C=O) groups excluding carboxylic acids is 1. The molecule has 2 atom stereocenters. The van der Waals surface area contributed by atoms with E-state index in [1.807, 2.05) is 39.0 Å². The zero-order valence-electron chi connectivity index (χ0n) is 11.8. The van der Waals surface area contributed by atoms with Crippen LogP contribution in [0, 0.1) is 12.8 Å². The quantitative estimate of drug-likeness (QED) is 0.909. The molecular weight excluding hydrogens is 294 g/mol. The van der Waals surface area contributed by atoms with Gasteiger partial charge in [0.2, 0.25) is 5.91 Å². The van der Waals surface area contributed by atoms with Crippen LogP contribution in [-0.4, -0.2) is 16.9 Å². The smallest absolute Gasteiger partial charge is 0.241 e. The lowest BCUT2D eigenvalue weighted by Crippen LogP contribution is -2.40. The summed E-state index contributed by atoms with van der Waals surface area (Å²) in [6.07, 6.45) is 0.891. The maximum atomic E-state index is 12.0. The third-order valence-corrected chi connectivity index (χ3v) is 4.26. The first-order valence-corrected chi connectivity index (χ1v) is 7.26. The highest BCUT2D eigenvalue weighted by atomic mass is 35.5. The number of nitrogens with one attached hydrogen (secondary N) is 1. The van der Waals surface area contributed by atoms with Gasteiger partial charge in [0.15, 0.2) is 0 Å². The number of halogens is 1. The summed E-state index contributed by atoms with van der Waals surface area (Å²) < 4.78 is 1.08. The molecule has 1 aromatic carbocycles. The second-order valence-corrected chi connectivity index (χ2v) is 6.05. The van der Waals surface area contributed by atoms with Gasteiger partial charge in [0.05, 0.1) is 21.3 Å². The first kappa shape index (κ1) is 16.9. The van der Waals surface area contributed by atoms with E-state index in [2.05, 4.69) is 10.3 Å². The van der Waals surface area contributed by atoms with E-state index < -0.39 is 6.04 Å². The molecule has 0 saturated carbocycles. The Bertz CT molecular complexity index is 599. The summed E-state index contributed by atoms with van der Waals surface area (Å²) in [4.78, 5) is 16.4. The van der Waals surface area contributed by atoms with Crippen molar-refractivity contribution in [2.24, 2.45) is 11.7 Å². The number of benzene rings is 1. The highest BCUT2D eigenvalue weighted by Crippen LogP contribution is 2.24. The number of hydrogen-bond acceptors (Lipinski definition) is 4. The molecule has 0 bridgehead atoms. The summed E-state index contributed by atoms with van der Waals surface area (Å²) in [6, 6.07) is 5.26. The van der Waals surface area contributed by atoms with Crippen LogP contribution in [0.15, 0.2) is 18.2 Å². The molecule has 0 spiro atoms. The van der Waals surface area contributed by atoms with Crippen molar-refractivity contribution in [3.63, 3.8) is 0 Å². The van der Waals surface area contributed by atoms with Gasteiger partial charge < -0.3 is 11.1 Å². The molecule has 3 N–H and O–H groups in total. The molecule has 0 aliphatic carbocycles. The number of aryl methyl sites for hydroxylation is 1. The molecule has 0 fully saturated rings. The lowest BCUT2D eigenvalue weighted by molar-refractivity contribution is -0.118. The van der Waals surface area contributed by atoms with Crippen molar-refractivity contribution in [2.45, 2.75) is 33.2 Å². The van der Waals surface area contributed by atoms with Gasteiger partial charge in [0.1, 0.15) is 0 Å². The predicted molar refractivity (Wildman–Crippen MR) is 87.7 cm³/mol. The van der Waals surface area contributed by atoms with Gasteiger partial charge in [-0.1, -0.05) is 20.3 Å². The van der Waals surface area contributed by atoms with E-state index in [1.165, 1.54) is 0 Å². The molecule has 0 aliphatic heterocycles. The maximum Gasteiger partial charge on any atom is 0.241 e. The second-order valence-electron chi connectivity index (χ2n) is 4.82. The number of rotatable bonds is 4. The lowest BCUT2D eigenvalue weighted by Gasteiger charge is -2.17. The van der Waals surface area contributed by atoms with E-state index in [1.54, 1.807) is 11.3 Å². The summed E-state index contributed by atoms with van der Waals surface area (Å²) in [5.41, 5.74) is 7.66. The molecule has 110 valence electrons. The highest BCUT2D eigenvalue weighted by Gasteiger charge is 2.19. The van der Waals surface area contributed by atoms with Crippen LogP contribution < -0.4 is 11.1 Å². The van der Waals surface area contributed by atoms with Crippen molar-refractivity contribution >= 4 is 45.6 Å². The second kappa shape index (κ2) is 7.02. The number of nitrogens with two attached hydrogens (primary N) is 1. The van der Waals surface area contributed by atoms with E-state index in [-0.39, 0.29) is 24.2 Å². The number of aromatic nitrogens is 1. The molecule has 2 unspecified atom stereocenters. The standard InChI is InChI=1S/C14H19N3OS.ClH/c1-4-8(2)13(15)14(18)17-10-5-6-11-12(7-10)19-9(3)16-11;/h5-8,13H,4,15H2,1-3H3,(H,17,18);1H. The van der Waals surface area contributed by atoms with Gasteiger partial charge in [-0.3, -0.25) is 4.79 Å². The number of carbonyl (C=O) groups is 1. The van der Waals surface area contributed by atoms with Crippen molar-refractivity contribution in [1.82, 2.24) is 4.98 Å². The fourth-order valence-electron chi connectivity index (χ4n) is 1.86. The number of hydrogen-bond donors (Lipinski definition) is 2. The summed E-state index contributed by atoms with van der Waals surface area (Å²) in [6.45, 7) is 5.99. The monoisotopic (exact) mass is 313 g/mol. The van der Waals surface area contributed by atoms with Crippen LogP contribution in [0.4, 0.5) is 5.69 Å². The summed E-state index contributed by atoms with van der Waals surface area (Å²) in [5, 5.41) is 3.90. The predicted octanol–water partition coefficient (Wildman–Crippen LogP) is 3.34. The van der Waals surface area contributed by atoms with Crippen molar-refractivity contribution in [3.05, 3.63) is 23.2 Å². The van der Waals surface area contributed by atoms with Gasteiger partial charge >= 0.3 is 0 Å². The van der Waals surface area contributed by atoms with Crippen LogP contribution in [-0.2, 0) is 4.79 Å². The Kier molecular flexibility index (Phi) is 5.92. The number of thiazole rings is 1. The molecule has 6 heteroatoms. The van der Waals surface area contributed by atoms with Gasteiger partial charge in [0, 0.05) is 5.69 Å². The largest absolute Gasteiger partial charge is 0.325 e. The normalized spacial score (nSPS) is 13.6. The average Bonchev–Trinajstić information content (AvgIpc) is 2.76. The number of fused-ring (bicyclic) bond motifs is 1. The molecule has 0 saturated heterocycles. The van der Waals surface area contributed by atoms with E-state index in [0.29, 0.717) is 0 Å². The molecule has 2 rings (SSSR count). The Labute approximate surface area is 129 Å². The minimum atomic E-state index is -0.469. The Morgan fingerprint density at radius 3 is 2.85 bits per heavy atom. The molecule has 2 aromatic rings. The van der Waals surface area contributed by atoms with Gasteiger partial charge in [-0.05, 0) is 31.0 Å². The van der Waals surface area contributed by atoms with Crippen LogP contribution in [0.5, 0.6) is 0 Å². The third-order valence-electron chi connectivity index (χ3n) is 3.32. The molecular formula is C14H20ClN3OS. The van der Waals surface area contributed by atoms with Gasteiger partial charge in [-0.15, -0.1) is 23.7 Å². The third kappa shape index (κ3) is 3.69. The fourth-order valence-corrected chi connectivity index (χ4v) is 2.72. The van der Waals surface area contributed by atoms with E-state index >= 15 is 0 Å². The average molecular weight is 314 g/mol. The zero-order valence-corrected chi connectivity index (χ0v) is 13.5. The minimum Gasteiger partial charge on any atom is -0.325 e. The molecule has 20 heavy (non-hydrogen) atoms. The van der Waals surface area contributed by atoms with Crippen LogP contribution in [0.25, 0.3) is 10.2 Å². The van der Waals surface area contributed by atoms with Crippen molar-refractivity contribution in [1.29, 1.82) is 0 Å². The fraction of sp³-hybridized carbons (Fsp3) is 0.429. The van der Waals surface area contributed by atoms with E-state index in [9.17, 15) is 4.79 Å². The Balaban J connectivity index is 0.00000200. The van der Waals surface area contributed by atoms with E-state index in [4.69, 9.17) is 5.73 Å². The Morgan fingerprint density at radius 1 is 1.50 bits per heavy atom. The molecule has 1 amide bonds. The van der Waals surface area contributed by atoms with Crippen LogP contribution in [0.3, 0.4) is 0 Å². The molecule has 1 heterocycles. The first-order chi connectivity index (χ1) is 9.01. The van der Waals surface area contributed by atoms with Gasteiger partial charge in [0.25, 0.3) is 0 Å². The molecule has 4 nitrogen and oxygen atoms in total. The summed E-state index contributed by atoms with van der Waals surface area (Å²) in [5.74, 6) is 0.0457. The van der Waals surface area contributed by atoms with Crippen LogP contribution >= 0.6 is 23.7 Å². The minimum absolute atomic E-state index is 0. The topological polar surface area (TPSA) is 68.0 Å². The lowest BCUT2D eigenvalue weighted by atomic mass is 9.99. The zero-order chi connectivity index (χ0) is 14.0. The number of anilines is 1. The Hall–Kier alpha value is -1.17. The van der Waals surface area contributed by atoms with Crippen molar-refractivity contribution in [3.8, 4) is 0 Å². The molecule has 0 aliphatic rings. The highest BCUT2D eigenvalue weighted by molar-refractivity contribution is 7.18. The molecule has 1 aromatic heterocycles. The number of nitrogens with zero attached hydrogens (tertiary/aromatic N) is 1. The first-order valence-electron chi connectivity index (χ1n) is 6.45. The van der Waals surface area contributed by atoms with Crippen LogP contribution in [0.1, 0.15) is 25.3 Å².